The molecule has 0 amide bonds. The van der Waals surface area contributed by atoms with E-state index >= 15 is 0 Å². The van der Waals surface area contributed by atoms with Gasteiger partial charge in [-0.3, -0.25) is 4.90 Å². The Balaban J connectivity index is 1.17. The van der Waals surface area contributed by atoms with Gasteiger partial charge in [0.2, 0.25) is 0 Å². The number of aryl methyl sites for hydroxylation is 1. The van der Waals surface area contributed by atoms with E-state index in [1.165, 1.54) is 12.8 Å². The average Bonchev–Trinajstić information content (AvgIpc) is 3.69. The van der Waals surface area contributed by atoms with Gasteiger partial charge in [0.25, 0.3) is 0 Å². The number of piperazine rings is 1. The number of aromatic nitrogens is 3. The predicted molar refractivity (Wildman–Crippen MR) is 163 cm³/mol. The van der Waals surface area contributed by atoms with Crippen LogP contribution in [0.2, 0.25) is 0 Å². The third-order valence-corrected chi connectivity index (χ3v) is 9.61. The average molecular weight is 567 g/mol. The molecule has 9 nitrogen and oxygen atoms in total. The zero-order chi connectivity index (χ0) is 28.3. The molecule has 2 aromatic carbocycles. The van der Waals surface area contributed by atoms with Crippen molar-refractivity contribution in [2.45, 2.75) is 44.7 Å². The minimum atomic E-state index is 0.164. The van der Waals surface area contributed by atoms with Crippen LogP contribution in [0.5, 0.6) is 11.8 Å². The molecule has 4 fully saturated rings. The molecule has 218 valence electrons. The Kier molecular flexibility index (Phi) is 6.42. The van der Waals surface area contributed by atoms with Crippen molar-refractivity contribution in [1.82, 2.24) is 25.2 Å². The molecule has 3 aliphatic heterocycles. The molecular formula is C33H38N6O3. The Morgan fingerprint density at radius 2 is 1.83 bits per heavy atom. The number of phenols is 1. The summed E-state index contributed by atoms with van der Waals surface area (Å²) in [6, 6.07) is 15.3. The van der Waals surface area contributed by atoms with Crippen LogP contribution >= 0.6 is 0 Å². The van der Waals surface area contributed by atoms with E-state index in [1.54, 1.807) is 6.07 Å². The number of anilines is 1. The van der Waals surface area contributed by atoms with Gasteiger partial charge in [0.05, 0.1) is 30.9 Å². The van der Waals surface area contributed by atoms with Crippen molar-refractivity contribution in [2.24, 2.45) is 5.41 Å². The maximum absolute atomic E-state index is 10.6. The number of benzene rings is 2. The van der Waals surface area contributed by atoms with Crippen LogP contribution in [0.1, 0.15) is 31.2 Å². The van der Waals surface area contributed by atoms with E-state index in [0.29, 0.717) is 30.3 Å². The maximum Gasteiger partial charge on any atom is 0.320 e. The number of pyridine rings is 1. The number of phenolic OH excluding ortho intramolecular Hbond substituents is 1. The largest absolute Gasteiger partial charge is 0.508 e. The first-order valence-electron chi connectivity index (χ1n) is 15.4. The van der Waals surface area contributed by atoms with Gasteiger partial charge in [-0.25, -0.2) is 4.98 Å². The highest BCUT2D eigenvalue weighted by atomic mass is 16.5. The summed E-state index contributed by atoms with van der Waals surface area (Å²) >= 11 is 0. The summed E-state index contributed by atoms with van der Waals surface area (Å²) in [4.78, 5) is 19.9. The van der Waals surface area contributed by atoms with Gasteiger partial charge in [-0.2, -0.15) is 9.97 Å². The second-order valence-electron chi connectivity index (χ2n) is 12.8. The van der Waals surface area contributed by atoms with E-state index in [1.807, 2.05) is 24.3 Å². The highest BCUT2D eigenvalue weighted by Gasteiger charge is 2.45. The van der Waals surface area contributed by atoms with Crippen molar-refractivity contribution < 1.29 is 14.6 Å². The van der Waals surface area contributed by atoms with Crippen LogP contribution in [0.3, 0.4) is 0 Å². The normalized spacial score (nSPS) is 23.5. The summed E-state index contributed by atoms with van der Waals surface area (Å²) in [5.74, 6) is 1.13. The summed E-state index contributed by atoms with van der Waals surface area (Å²) < 4.78 is 12.0. The molecular weight excluding hydrogens is 528 g/mol. The molecule has 2 aromatic heterocycles. The zero-order valence-electron chi connectivity index (χ0n) is 24.2. The number of aromatic hydroxyl groups is 1. The standard InChI is InChI=1S/C33H38N6O3/c1-21-3-2-4-22-15-25(40)16-27(29(21)22)28-8-7-26-30(35-28)36-32(37-31(26)39-17-23-5-6-24(18-39)34-23)42-20-33(9-10-33)19-38-11-13-41-14-12-38/h2-4,7-8,15-16,23-24,34,40H,5-6,9-14,17-20H2,1H3. The van der Waals surface area contributed by atoms with Gasteiger partial charge in [0, 0.05) is 55.8 Å². The zero-order valence-corrected chi connectivity index (χ0v) is 24.2. The molecule has 0 spiro atoms. The maximum atomic E-state index is 10.6. The van der Waals surface area contributed by atoms with E-state index in [0.717, 1.165) is 97.6 Å². The topological polar surface area (TPSA) is 95.9 Å². The molecule has 5 heterocycles. The van der Waals surface area contributed by atoms with Gasteiger partial charge in [-0.15, -0.1) is 0 Å². The number of hydrogen-bond acceptors (Lipinski definition) is 9. The van der Waals surface area contributed by atoms with E-state index in [4.69, 9.17) is 24.4 Å². The van der Waals surface area contributed by atoms with E-state index in [9.17, 15) is 5.11 Å². The number of fused-ring (bicyclic) bond motifs is 4. The first-order valence-corrected chi connectivity index (χ1v) is 15.4. The molecule has 42 heavy (non-hydrogen) atoms. The van der Waals surface area contributed by atoms with E-state index in [-0.39, 0.29) is 11.2 Å². The quantitative estimate of drug-likeness (QED) is 0.340. The minimum absolute atomic E-state index is 0.164. The number of rotatable bonds is 7. The molecule has 2 atom stereocenters. The van der Waals surface area contributed by atoms with Crippen molar-refractivity contribution >= 4 is 27.6 Å². The molecule has 2 unspecified atom stereocenters. The van der Waals surface area contributed by atoms with Gasteiger partial charge in [-0.1, -0.05) is 18.2 Å². The Morgan fingerprint density at radius 1 is 1.02 bits per heavy atom. The van der Waals surface area contributed by atoms with Crippen molar-refractivity contribution in [1.29, 1.82) is 0 Å². The van der Waals surface area contributed by atoms with Gasteiger partial charge >= 0.3 is 6.01 Å². The highest BCUT2D eigenvalue weighted by Crippen LogP contribution is 2.46. The van der Waals surface area contributed by atoms with Crippen molar-refractivity contribution in [3.63, 3.8) is 0 Å². The lowest BCUT2D eigenvalue weighted by molar-refractivity contribution is 0.0231. The van der Waals surface area contributed by atoms with Crippen LogP contribution in [0, 0.1) is 12.3 Å². The Hall–Kier alpha value is -3.53. The van der Waals surface area contributed by atoms with Crippen LogP contribution in [0.4, 0.5) is 5.82 Å². The summed E-state index contributed by atoms with van der Waals surface area (Å²) in [6.45, 7) is 9.16. The second-order valence-corrected chi connectivity index (χ2v) is 12.8. The van der Waals surface area contributed by atoms with Gasteiger partial charge in [-0.05, 0) is 73.2 Å². The molecule has 0 radical (unpaired) electrons. The third-order valence-electron chi connectivity index (χ3n) is 9.61. The molecule has 9 heteroatoms. The van der Waals surface area contributed by atoms with E-state index < -0.39 is 0 Å². The molecule has 4 aromatic rings. The molecule has 2 bridgehead atoms. The molecule has 3 saturated heterocycles. The molecule has 2 N–H and O–H groups in total. The van der Waals surface area contributed by atoms with Crippen LogP contribution < -0.4 is 15.0 Å². The molecule has 1 saturated carbocycles. The first kappa shape index (κ1) is 26.1. The van der Waals surface area contributed by atoms with E-state index in [2.05, 4.69) is 34.2 Å². The van der Waals surface area contributed by atoms with Crippen LogP contribution in [0.25, 0.3) is 33.1 Å². The lowest BCUT2D eigenvalue weighted by Gasteiger charge is -2.34. The van der Waals surface area contributed by atoms with Crippen molar-refractivity contribution in [3.8, 4) is 23.0 Å². The molecule has 1 aliphatic carbocycles. The number of ether oxygens (including phenoxy) is 2. The highest BCUT2D eigenvalue weighted by molar-refractivity contribution is 6.00. The number of morpholine rings is 1. The van der Waals surface area contributed by atoms with Crippen molar-refractivity contribution in [2.75, 3.05) is 57.4 Å². The smallest absolute Gasteiger partial charge is 0.320 e. The summed E-state index contributed by atoms with van der Waals surface area (Å²) in [6.07, 6.45) is 4.73. The van der Waals surface area contributed by atoms with Crippen LogP contribution in [-0.2, 0) is 4.74 Å². The Labute approximate surface area is 245 Å². The van der Waals surface area contributed by atoms with Gasteiger partial charge in [0.1, 0.15) is 11.6 Å². The fourth-order valence-corrected chi connectivity index (χ4v) is 7.18. The van der Waals surface area contributed by atoms with Crippen molar-refractivity contribution in [3.05, 3.63) is 48.0 Å². The second kappa shape index (κ2) is 10.3. The SMILES string of the molecule is Cc1cccc2cc(O)cc(-c3ccc4c(N5CC6CCC(C5)N6)nc(OCC5(CN6CCOCC6)CC5)nc4n3)c12. The Morgan fingerprint density at radius 3 is 2.62 bits per heavy atom. The number of nitrogens with zero attached hydrogens (tertiary/aromatic N) is 5. The molecule has 8 rings (SSSR count). The summed E-state index contributed by atoms with van der Waals surface area (Å²) in [5, 5.41) is 17.3. The summed E-state index contributed by atoms with van der Waals surface area (Å²) in [5.41, 5.74) is 3.61. The minimum Gasteiger partial charge on any atom is -0.508 e. The molecule has 4 aliphatic rings. The Bertz CT molecular complexity index is 1640. The fraction of sp³-hybridized carbons (Fsp3) is 0.485. The van der Waals surface area contributed by atoms with Gasteiger partial charge < -0.3 is 24.8 Å². The van der Waals surface area contributed by atoms with Crippen LogP contribution in [0.15, 0.2) is 42.5 Å². The lowest BCUT2D eigenvalue weighted by Crippen LogP contribution is -2.51. The predicted octanol–water partition coefficient (Wildman–Crippen LogP) is 4.29. The first-order chi connectivity index (χ1) is 20.5. The third kappa shape index (κ3) is 4.93. The number of nitrogens with one attached hydrogen (secondary N) is 1. The monoisotopic (exact) mass is 566 g/mol. The lowest BCUT2D eigenvalue weighted by atomic mass is 9.97. The van der Waals surface area contributed by atoms with Gasteiger partial charge in [0.15, 0.2) is 5.65 Å². The fourth-order valence-electron chi connectivity index (χ4n) is 7.18. The van der Waals surface area contributed by atoms with Crippen LogP contribution in [-0.4, -0.2) is 89.6 Å². The number of hydrogen-bond donors (Lipinski definition) is 2. The summed E-state index contributed by atoms with van der Waals surface area (Å²) in [7, 11) is 0.